The van der Waals surface area contributed by atoms with E-state index in [0.717, 1.165) is 6.92 Å². The summed E-state index contributed by atoms with van der Waals surface area (Å²) in [5.41, 5.74) is 6.08. The molecule has 0 radical (unpaired) electrons. The van der Waals surface area contributed by atoms with E-state index < -0.39 is 12.3 Å². The molecule has 0 aliphatic rings. The molecule has 2 N–H and O–H groups in total. The van der Waals surface area contributed by atoms with Crippen LogP contribution in [-0.2, 0) is 6.54 Å². The van der Waals surface area contributed by atoms with Crippen LogP contribution in [0, 0.1) is 0 Å². The van der Waals surface area contributed by atoms with Gasteiger partial charge in [0.1, 0.15) is 0 Å². The van der Waals surface area contributed by atoms with E-state index in [9.17, 15) is 13.2 Å². The van der Waals surface area contributed by atoms with Crippen molar-refractivity contribution < 1.29 is 22.6 Å². The molecule has 0 aliphatic heterocycles. The smallest absolute Gasteiger partial charge is 0.425 e. The van der Waals surface area contributed by atoms with Gasteiger partial charge in [-0.25, -0.2) is 0 Å². The van der Waals surface area contributed by atoms with Crippen molar-refractivity contribution in [2.45, 2.75) is 25.7 Å². The minimum Gasteiger partial charge on any atom is -0.493 e. The zero-order valence-corrected chi connectivity index (χ0v) is 9.54. The Kier molecular flexibility index (Phi) is 4.22. The van der Waals surface area contributed by atoms with Crippen molar-refractivity contribution in [2.75, 3.05) is 7.11 Å². The molecule has 0 heterocycles. The van der Waals surface area contributed by atoms with Crippen LogP contribution in [0.1, 0.15) is 12.5 Å². The molecule has 1 atom stereocenters. The third-order valence-corrected chi connectivity index (χ3v) is 2.23. The average Bonchev–Trinajstić information content (AvgIpc) is 2.27. The van der Waals surface area contributed by atoms with Gasteiger partial charge in [-0.1, -0.05) is 6.07 Å². The van der Waals surface area contributed by atoms with E-state index in [1.54, 1.807) is 6.07 Å². The van der Waals surface area contributed by atoms with E-state index in [2.05, 4.69) is 0 Å². The average molecular weight is 249 g/mol. The minimum absolute atomic E-state index is 0.0419. The molecule has 1 unspecified atom stereocenters. The largest absolute Gasteiger partial charge is 0.493 e. The summed E-state index contributed by atoms with van der Waals surface area (Å²) in [6.07, 6.45) is -6.31. The van der Waals surface area contributed by atoms with Gasteiger partial charge in [0.2, 0.25) is 0 Å². The predicted molar refractivity (Wildman–Crippen MR) is 57.0 cm³/mol. The Balaban J connectivity index is 2.95. The molecule has 0 saturated carbocycles. The Morgan fingerprint density at radius 2 is 1.94 bits per heavy atom. The van der Waals surface area contributed by atoms with Gasteiger partial charge < -0.3 is 15.2 Å². The van der Waals surface area contributed by atoms with Gasteiger partial charge in [0.05, 0.1) is 7.11 Å². The summed E-state index contributed by atoms with van der Waals surface area (Å²) in [6, 6.07) is 4.64. The van der Waals surface area contributed by atoms with E-state index in [0.29, 0.717) is 5.56 Å². The van der Waals surface area contributed by atoms with Crippen LogP contribution in [0.15, 0.2) is 18.2 Å². The van der Waals surface area contributed by atoms with Crippen molar-refractivity contribution in [1.29, 1.82) is 0 Å². The SMILES string of the molecule is COc1ccc(CN)cc1OC(C)C(F)(F)F. The van der Waals surface area contributed by atoms with Crippen molar-refractivity contribution in [3.8, 4) is 11.5 Å². The molecule has 6 heteroatoms. The van der Waals surface area contributed by atoms with Gasteiger partial charge in [-0.3, -0.25) is 0 Å². The predicted octanol–water partition coefficient (Wildman–Crippen LogP) is 2.48. The lowest BCUT2D eigenvalue weighted by Crippen LogP contribution is -2.31. The molecule has 0 aliphatic carbocycles. The molecule has 0 amide bonds. The van der Waals surface area contributed by atoms with Crippen molar-refractivity contribution in [2.24, 2.45) is 5.73 Å². The van der Waals surface area contributed by atoms with E-state index in [-0.39, 0.29) is 18.0 Å². The molecular formula is C11H14F3NO2. The number of rotatable bonds is 4. The highest BCUT2D eigenvalue weighted by Crippen LogP contribution is 2.32. The summed E-state index contributed by atoms with van der Waals surface area (Å²) in [5, 5.41) is 0. The van der Waals surface area contributed by atoms with Crippen molar-refractivity contribution in [3.63, 3.8) is 0 Å². The topological polar surface area (TPSA) is 44.5 Å². The van der Waals surface area contributed by atoms with Gasteiger partial charge >= 0.3 is 6.18 Å². The number of halogens is 3. The highest BCUT2D eigenvalue weighted by Gasteiger charge is 2.38. The summed E-state index contributed by atoms with van der Waals surface area (Å²) in [5.74, 6) is 0.290. The highest BCUT2D eigenvalue weighted by atomic mass is 19.4. The standard InChI is InChI=1S/C11H14F3NO2/c1-7(11(12,13)14)17-10-5-8(6-15)3-4-9(10)16-2/h3-5,7H,6,15H2,1-2H3. The van der Waals surface area contributed by atoms with Gasteiger partial charge in [-0.05, 0) is 24.6 Å². The molecule has 1 rings (SSSR count). The van der Waals surface area contributed by atoms with E-state index in [1.165, 1.54) is 19.2 Å². The summed E-state index contributed by atoms with van der Waals surface area (Å²) in [4.78, 5) is 0. The van der Waals surface area contributed by atoms with Crippen LogP contribution in [0.5, 0.6) is 11.5 Å². The molecule has 0 bridgehead atoms. The Morgan fingerprint density at radius 1 is 1.29 bits per heavy atom. The number of ether oxygens (including phenoxy) is 2. The first-order valence-corrected chi connectivity index (χ1v) is 4.99. The fourth-order valence-electron chi connectivity index (χ4n) is 1.20. The number of alkyl halides is 3. The molecule has 3 nitrogen and oxygen atoms in total. The normalized spacial score (nSPS) is 13.3. The summed E-state index contributed by atoms with van der Waals surface area (Å²) in [7, 11) is 1.36. The van der Waals surface area contributed by atoms with Crippen LogP contribution in [0.4, 0.5) is 13.2 Å². The zero-order valence-electron chi connectivity index (χ0n) is 9.54. The fraction of sp³-hybridized carbons (Fsp3) is 0.455. The second-order valence-electron chi connectivity index (χ2n) is 3.49. The molecular weight excluding hydrogens is 235 g/mol. The van der Waals surface area contributed by atoms with Gasteiger partial charge in [-0.15, -0.1) is 0 Å². The van der Waals surface area contributed by atoms with Crippen LogP contribution >= 0.6 is 0 Å². The van der Waals surface area contributed by atoms with Gasteiger partial charge in [0.15, 0.2) is 17.6 Å². The van der Waals surface area contributed by atoms with Crippen molar-refractivity contribution >= 4 is 0 Å². The van der Waals surface area contributed by atoms with E-state index >= 15 is 0 Å². The van der Waals surface area contributed by atoms with Gasteiger partial charge in [0.25, 0.3) is 0 Å². The van der Waals surface area contributed by atoms with Crippen LogP contribution in [0.3, 0.4) is 0 Å². The molecule has 1 aromatic carbocycles. The Morgan fingerprint density at radius 3 is 2.41 bits per heavy atom. The van der Waals surface area contributed by atoms with Gasteiger partial charge in [-0.2, -0.15) is 13.2 Å². The maximum Gasteiger partial charge on any atom is 0.425 e. The lowest BCUT2D eigenvalue weighted by molar-refractivity contribution is -0.189. The van der Waals surface area contributed by atoms with Crippen LogP contribution in [0.2, 0.25) is 0 Å². The third kappa shape index (κ3) is 3.52. The third-order valence-electron chi connectivity index (χ3n) is 2.23. The first kappa shape index (κ1) is 13.6. The van der Waals surface area contributed by atoms with Gasteiger partial charge in [0, 0.05) is 6.54 Å². The summed E-state index contributed by atoms with van der Waals surface area (Å²) >= 11 is 0. The number of methoxy groups -OCH3 is 1. The second-order valence-corrected chi connectivity index (χ2v) is 3.49. The Hall–Kier alpha value is -1.43. The fourth-order valence-corrected chi connectivity index (χ4v) is 1.20. The lowest BCUT2D eigenvalue weighted by Gasteiger charge is -2.19. The molecule has 17 heavy (non-hydrogen) atoms. The highest BCUT2D eigenvalue weighted by molar-refractivity contribution is 5.43. The lowest BCUT2D eigenvalue weighted by atomic mass is 10.2. The van der Waals surface area contributed by atoms with Crippen LogP contribution < -0.4 is 15.2 Å². The number of hydrogen-bond acceptors (Lipinski definition) is 3. The van der Waals surface area contributed by atoms with E-state index in [4.69, 9.17) is 15.2 Å². The first-order chi connectivity index (χ1) is 7.88. The molecule has 0 fully saturated rings. The molecule has 0 spiro atoms. The first-order valence-electron chi connectivity index (χ1n) is 4.99. The molecule has 0 aromatic heterocycles. The monoisotopic (exact) mass is 249 g/mol. The minimum atomic E-state index is -4.41. The van der Waals surface area contributed by atoms with Crippen LogP contribution in [-0.4, -0.2) is 19.4 Å². The van der Waals surface area contributed by atoms with Crippen molar-refractivity contribution in [3.05, 3.63) is 23.8 Å². The zero-order chi connectivity index (χ0) is 13.1. The number of hydrogen-bond donors (Lipinski definition) is 1. The quantitative estimate of drug-likeness (QED) is 0.891. The molecule has 0 saturated heterocycles. The molecule has 1 aromatic rings. The van der Waals surface area contributed by atoms with Crippen LogP contribution in [0.25, 0.3) is 0 Å². The maximum absolute atomic E-state index is 12.4. The maximum atomic E-state index is 12.4. The Bertz CT molecular complexity index is 379. The summed E-state index contributed by atoms with van der Waals surface area (Å²) in [6.45, 7) is 1.16. The Labute approximate surface area is 97.3 Å². The van der Waals surface area contributed by atoms with Crippen molar-refractivity contribution in [1.82, 2.24) is 0 Å². The molecule has 96 valence electrons. The second kappa shape index (κ2) is 5.27. The summed E-state index contributed by atoms with van der Waals surface area (Å²) < 4.78 is 46.9. The van der Waals surface area contributed by atoms with E-state index in [1.807, 2.05) is 0 Å². The number of benzene rings is 1. The number of nitrogens with two attached hydrogens (primary N) is 1.